The van der Waals surface area contributed by atoms with Gasteiger partial charge in [0.1, 0.15) is 5.75 Å². The van der Waals surface area contributed by atoms with Crippen LogP contribution in [0.25, 0.3) is 0 Å². The van der Waals surface area contributed by atoms with Gasteiger partial charge in [0, 0.05) is 6.54 Å². The number of nitrogens with one attached hydrogen (secondary N) is 1. The first-order valence-corrected chi connectivity index (χ1v) is 7.16. The number of hydrogen-bond acceptors (Lipinski definition) is 3. The second-order valence-electron chi connectivity index (χ2n) is 5.55. The third kappa shape index (κ3) is 5.28. The highest BCUT2D eigenvalue weighted by molar-refractivity contribution is 5.85. The Morgan fingerprint density at radius 1 is 1.30 bits per heavy atom. The van der Waals surface area contributed by atoms with Gasteiger partial charge in [0.25, 0.3) is 5.91 Å². The normalized spacial score (nSPS) is 16.5. The van der Waals surface area contributed by atoms with Crippen LogP contribution in [0.2, 0.25) is 0 Å². The highest BCUT2D eigenvalue weighted by atomic mass is 35.5. The average molecular weight is 353 g/mol. The van der Waals surface area contributed by atoms with Crippen molar-refractivity contribution in [3.05, 3.63) is 29.8 Å². The molecule has 1 fully saturated rings. The summed E-state index contributed by atoms with van der Waals surface area (Å²) in [6.07, 6.45) is -0.787. The van der Waals surface area contributed by atoms with Crippen LogP contribution in [-0.4, -0.2) is 24.6 Å². The lowest BCUT2D eigenvalue weighted by atomic mass is 9.98. The third-order valence-corrected chi connectivity index (χ3v) is 3.89. The van der Waals surface area contributed by atoms with Gasteiger partial charge in [0.15, 0.2) is 6.61 Å². The standard InChI is InChI=1S/C15H19F3N2O2.ClH/c16-15(17,18)11-4-3-5-12(8-11)22-9-13(21)20-14(10-19)6-1-2-7-14;/h3-5,8H,1-2,6-7,9-10,19H2,(H,20,21);1H. The third-order valence-electron chi connectivity index (χ3n) is 3.89. The molecule has 1 aromatic carbocycles. The minimum absolute atomic E-state index is 0. The van der Waals surface area contributed by atoms with Gasteiger partial charge in [-0.15, -0.1) is 12.4 Å². The molecule has 4 nitrogen and oxygen atoms in total. The Hall–Kier alpha value is -1.47. The molecule has 0 unspecified atom stereocenters. The number of benzene rings is 1. The Labute approximate surface area is 139 Å². The smallest absolute Gasteiger partial charge is 0.416 e. The SMILES string of the molecule is Cl.NCC1(NC(=O)COc2cccc(C(F)(F)F)c2)CCCC1. The van der Waals surface area contributed by atoms with E-state index in [-0.39, 0.29) is 30.7 Å². The van der Waals surface area contributed by atoms with E-state index >= 15 is 0 Å². The maximum absolute atomic E-state index is 12.6. The summed E-state index contributed by atoms with van der Waals surface area (Å²) >= 11 is 0. The van der Waals surface area contributed by atoms with Gasteiger partial charge in [-0.2, -0.15) is 13.2 Å². The van der Waals surface area contributed by atoms with Gasteiger partial charge in [-0.05, 0) is 31.0 Å². The molecule has 0 atom stereocenters. The molecule has 3 N–H and O–H groups in total. The fraction of sp³-hybridized carbons (Fsp3) is 0.533. The van der Waals surface area contributed by atoms with Crippen LogP contribution in [0.5, 0.6) is 5.75 Å². The molecule has 0 spiro atoms. The summed E-state index contributed by atoms with van der Waals surface area (Å²) in [5.41, 5.74) is 4.51. The second kappa shape index (κ2) is 7.88. The molecular formula is C15H20ClF3N2O2. The second-order valence-corrected chi connectivity index (χ2v) is 5.55. The van der Waals surface area contributed by atoms with Crippen molar-refractivity contribution in [3.63, 3.8) is 0 Å². The maximum Gasteiger partial charge on any atom is 0.416 e. The predicted octanol–water partition coefficient (Wildman–Crippen LogP) is 2.89. The number of ether oxygens (including phenoxy) is 1. The molecule has 1 aromatic rings. The van der Waals surface area contributed by atoms with Crippen LogP contribution in [0.3, 0.4) is 0 Å². The van der Waals surface area contributed by atoms with E-state index in [1.165, 1.54) is 12.1 Å². The highest BCUT2D eigenvalue weighted by Crippen LogP contribution is 2.31. The molecule has 2 rings (SSSR count). The zero-order valence-electron chi connectivity index (χ0n) is 12.5. The zero-order valence-corrected chi connectivity index (χ0v) is 13.3. The van der Waals surface area contributed by atoms with E-state index in [0.29, 0.717) is 6.54 Å². The summed E-state index contributed by atoms with van der Waals surface area (Å²) in [4.78, 5) is 11.9. The van der Waals surface area contributed by atoms with Crippen LogP contribution in [0.4, 0.5) is 13.2 Å². The van der Waals surface area contributed by atoms with Crippen LogP contribution in [0.1, 0.15) is 31.2 Å². The molecule has 23 heavy (non-hydrogen) atoms. The van der Waals surface area contributed by atoms with Gasteiger partial charge in [0.2, 0.25) is 0 Å². The van der Waals surface area contributed by atoms with Crippen LogP contribution in [-0.2, 0) is 11.0 Å². The first-order chi connectivity index (χ1) is 10.3. The van der Waals surface area contributed by atoms with E-state index in [0.717, 1.165) is 37.8 Å². The fourth-order valence-corrected chi connectivity index (χ4v) is 2.67. The van der Waals surface area contributed by atoms with Crippen molar-refractivity contribution >= 4 is 18.3 Å². The van der Waals surface area contributed by atoms with Crippen LogP contribution in [0, 0.1) is 0 Å². The lowest BCUT2D eigenvalue weighted by Gasteiger charge is -2.28. The number of rotatable bonds is 5. The van der Waals surface area contributed by atoms with Crippen LogP contribution in [0.15, 0.2) is 24.3 Å². The minimum Gasteiger partial charge on any atom is -0.484 e. The van der Waals surface area contributed by atoms with Crippen molar-refractivity contribution in [3.8, 4) is 5.75 Å². The Balaban J connectivity index is 0.00000264. The zero-order chi connectivity index (χ0) is 16.2. The molecule has 0 aliphatic heterocycles. The van der Waals surface area contributed by atoms with Gasteiger partial charge in [-0.3, -0.25) is 4.79 Å². The van der Waals surface area contributed by atoms with Gasteiger partial charge in [-0.25, -0.2) is 0 Å². The average Bonchev–Trinajstić information content (AvgIpc) is 2.94. The molecule has 1 amide bonds. The molecule has 130 valence electrons. The number of carbonyl (C=O) groups excluding carboxylic acids is 1. The summed E-state index contributed by atoms with van der Waals surface area (Å²) in [5, 5.41) is 2.85. The minimum atomic E-state index is -4.44. The van der Waals surface area contributed by atoms with E-state index in [4.69, 9.17) is 10.5 Å². The molecule has 0 heterocycles. The quantitative estimate of drug-likeness (QED) is 0.856. The van der Waals surface area contributed by atoms with Crippen LogP contribution < -0.4 is 15.8 Å². The van der Waals surface area contributed by atoms with Gasteiger partial charge >= 0.3 is 6.18 Å². The van der Waals surface area contributed by atoms with Gasteiger partial charge in [-0.1, -0.05) is 18.9 Å². The van der Waals surface area contributed by atoms with Crippen molar-refractivity contribution in [2.45, 2.75) is 37.4 Å². The Kier molecular flexibility index (Phi) is 6.70. The Bertz CT molecular complexity index is 532. The Morgan fingerprint density at radius 2 is 1.96 bits per heavy atom. The number of hydrogen-bond donors (Lipinski definition) is 2. The largest absolute Gasteiger partial charge is 0.484 e. The molecule has 0 radical (unpaired) electrons. The number of halogens is 4. The lowest BCUT2D eigenvalue weighted by Crippen LogP contribution is -2.52. The molecule has 0 bridgehead atoms. The van der Waals surface area contributed by atoms with E-state index < -0.39 is 17.3 Å². The summed E-state index contributed by atoms with van der Waals surface area (Å²) in [5.74, 6) is -0.358. The maximum atomic E-state index is 12.6. The number of nitrogens with two attached hydrogens (primary N) is 1. The van der Waals surface area contributed by atoms with E-state index in [9.17, 15) is 18.0 Å². The molecule has 8 heteroatoms. The van der Waals surface area contributed by atoms with Gasteiger partial charge in [0.05, 0.1) is 11.1 Å². The van der Waals surface area contributed by atoms with Crippen molar-refractivity contribution < 1.29 is 22.7 Å². The highest BCUT2D eigenvalue weighted by Gasteiger charge is 2.34. The van der Waals surface area contributed by atoms with Crippen molar-refractivity contribution in [2.24, 2.45) is 5.73 Å². The van der Waals surface area contributed by atoms with E-state index in [1.54, 1.807) is 0 Å². The predicted molar refractivity (Wildman–Crippen MR) is 82.6 cm³/mol. The first-order valence-electron chi connectivity index (χ1n) is 7.16. The van der Waals surface area contributed by atoms with Crippen molar-refractivity contribution in [1.82, 2.24) is 5.32 Å². The summed E-state index contributed by atoms with van der Waals surface area (Å²) in [6, 6.07) is 4.46. The lowest BCUT2D eigenvalue weighted by molar-refractivity contribution is -0.137. The molecule has 1 saturated carbocycles. The van der Waals surface area contributed by atoms with Crippen molar-refractivity contribution in [1.29, 1.82) is 0 Å². The topological polar surface area (TPSA) is 64.3 Å². The molecular weight excluding hydrogens is 333 g/mol. The number of alkyl halides is 3. The van der Waals surface area contributed by atoms with E-state index in [2.05, 4.69) is 5.32 Å². The first kappa shape index (κ1) is 19.6. The molecule has 0 aromatic heterocycles. The van der Waals surface area contributed by atoms with Crippen molar-refractivity contribution in [2.75, 3.05) is 13.2 Å². The van der Waals surface area contributed by atoms with Gasteiger partial charge < -0.3 is 15.8 Å². The van der Waals surface area contributed by atoms with E-state index in [1.807, 2.05) is 0 Å². The van der Waals surface area contributed by atoms with Crippen LogP contribution >= 0.6 is 12.4 Å². The molecule has 1 aliphatic carbocycles. The number of carbonyl (C=O) groups is 1. The fourth-order valence-electron chi connectivity index (χ4n) is 2.67. The summed E-state index contributed by atoms with van der Waals surface area (Å²) in [7, 11) is 0. The number of amides is 1. The monoisotopic (exact) mass is 352 g/mol. The summed E-state index contributed by atoms with van der Waals surface area (Å²) in [6.45, 7) is 0.0192. The molecule has 0 saturated heterocycles. The Morgan fingerprint density at radius 3 is 2.52 bits per heavy atom. The molecule has 1 aliphatic rings. The summed E-state index contributed by atoms with van der Waals surface area (Å²) < 4.78 is 42.9.